The first-order valence-electron chi connectivity index (χ1n) is 10.6. The molecule has 6 nitrogen and oxygen atoms in total. The van der Waals surface area contributed by atoms with Crippen molar-refractivity contribution in [1.82, 2.24) is 19.5 Å². The van der Waals surface area contributed by atoms with Crippen LogP contribution in [-0.2, 0) is 16.4 Å². The van der Waals surface area contributed by atoms with Crippen molar-refractivity contribution in [1.29, 1.82) is 0 Å². The summed E-state index contributed by atoms with van der Waals surface area (Å²) >= 11 is 0. The van der Waals surface area contributed by atoms with Gasteiger partial charge in [0.25, 0.3) is 0 Å². The third kappa shape index (κ3) is 6.33. The van der Waals surface area contributed by atoms with Gasteiger partial charge in [-0.25, -0.2) is 8.42 Å². The van der Waals surface area contributed by atoms with Crippen LogP contribution in [0.5, 0.6) is 0 Å². The first-order valence-corrected chi connectivity index (χ1v) is 12.1. The highest BCUT2D eigenvalue weighted by molar-refractivity contribution is 7.89. The normalized spacial score (nSPS) is 13.2. The van der Waals surface area contributed by atoms with Gasteiger partial charge >= 0.3 is 0 Å². The van der Waals surface area contributed by atoms with E-state index in [1.54, 1.807) is 28.8 Å². The molecule has 0 saturated heterocycles. The van der Waals surface area contributed by atoms with Gasteiger partial charge in [0.15, 0.2) is 0 Å². The van der Waals surface area contributed by atoms with Gasteiger partial charge in [0.1, 0.15) is 0 Å². The van der Waals surface area contributed by atoms with Crippen molar-refractivity contribution in [3.05, 3.63) is 72.6 Å². The molecule has 0 saturated carbocycles. The maximum Gasteiger partial charge on any atom is 0.243 e. The van der Waals surface area contributed by atoms with E-state index >= 15 is 0 Å². The van der Waals surface area contributed by atoms with E-state index in [1.807, 2.05) is 56.3 Å². The lowest BCUT2D eigenvalue weighted by atomic mass is 10.1. The average Bonchev–Trinajstić information content (AvgIpc) is 2.77. The van der Waals surface area contributed by atoms with E-state index in [9.17, 15) is 8.42 Å². The van der Waals surface area contributed by atoms with Gasteiger partial charge in [0, 0.05) is 43.5 Å². The van der Waals surface area contributed by atoms with Crippen LogP contribution < -0.4 is 5.32 Å². The molecule has 31 heavy (non-hydrogen) atoms. The number of benzene rings is 2. The molecule has 0 aliphatic rings. The van der Waals surface area contributed by atoms with E-state index in [1.165, 1.54) is 5.56 Å². The zero-order chi connectivity index (χ0) is 22.3. The maximum atomic E-state index is 13.5. The van der Waals surface area contributed by atoms with E-state index in [0.717, 1.165) is 23.7 Å². The molecular weight excluding hydrogens is 408 g/mol. The summed E-state index contributed by atoms with van der Waals surface area (Å²) in [6.07, 6.45) is 4.34. The molecule has 3 aromatic rings. The lowest BCUT2D eigenvalue weighted by molar-refractivity contribution is 0.285. The van der Waals surface area contributed by atoms with Gasteiger partial charge in [-0.15, -0.1) is 0 Å². The SMILES string of the molecule is C[C@H](CNCCc1ccccc1)N(CCN(C)C)S(=O)(=O)c1ccc2cnccc2c1. The molecule has 0 aliphatic carbocycles. The zero-order valence-electron chi connectivity index (χ0n) is 18.5. The predicted octanol–water partition coefficient (Wildman–Crippen LogP) is 3.01. The molecule has 0 radical (unpaired) electrons. The zero-order valence-corrected chi connectivity index (χ0v) is 19.3. The van der Waals surface area contributed by atoms with Gasteiger partial charge < -0.3 is 10.2 Å². The number of hydrogen-bond donors (Lipinski definition) is 1. The van der Waals surface area contributed by atoms with Crippen molar-refractivity contribution in [3.63, 3.8) is 0 Å². The van der Waals surface area contributed by atoms with E-state index in [-0.39, 0.29) is 6.04 Å². The molecule has 7 heteroatoms. The lowest BCUT2D eigenvalue weighted by Gasteiger charge is -2.30. The molecule has 1 heterocycles. The first kappa shape index (κ1) is 23.3. The minimum atomic E-state index is -3.63. The van der Waals surface area contributed by atoms with Crippen molar-refractivity contribution in [2.45, 2.75) is 24.3 Å². The second-order valence-electron chi connectivity index (χ2n) is 8.09. The Morgan fingerprint density at radius 3 is 2.52 bits per heavy atom. The molecule has 0 unspecified atom stereocenters. The highest BCUT2D eigenvalue weighted by Gasteiger charge is 2.29. The Hall–Kier alpha value is -2.32. The largest absolute Gasteiger partial charge is 0.315 e. The second kappa shape index (κ2) is 10.8. The van der Waals surface area contributed by atoms with Crippen molar-refractivity contribution in [3.8, 4) is 0 Å². The molecule has 3 rings (SSSR count). The molecule has 0 fully saturated rings. The maximum absolute atomic E-state index is 13.5. The van der Waals surface area contributed by atoms with Crippen LogP contribution in [0.15, 0.2) is 71.9 Å². The number of likely N-dealkylation sites (N-methyl/N-ethyl adjacent to an activating group) is 1. The van der Waals surface area contributed by atoms with Crippen molar-refractivity contribution < 1.29 is 8.42 Å². The fourth-order valence-corrected chi connectivity index (χ4v) is 5.18. The molecule has 0 aliphatic heterocycles. The van der Waals surface area contributed by atoms with Crippen LogP contribution >= 0.6 is 0 Å². The number of aromatic nitrogens is 1. The molecule has 2 aromatic carbocycles. The monoisotopic (exact) mass is 440 g/mol. The molecule has 0 bridgehead atoms. The van der Waals surface area contributed by atoms with E-state index in [4.69, 9.17) is 0 Å². The fourth-order valence-electron chi connectivity index (χ4n) is 3.52. The predicted molar refractivity (Wildman–Crippen MR) is 127 cm³/mol. The van der Waals surface area contributed by atoms with Crippen LogP contribution in [-0.4, -0.2) is 68.9 Å². The second-order valence-corrected chi connectivity index (χ2v) is 9.98. The number of pyridine rings is 1. The van der Waals surface area contributed by atoms with Gasteiger partial charge in [-0.1, -0.05) is 36.4 Å². The lowest BCUT2D eigenvalue weighted by Crippen LogP contribution is -2.46. The molecule has 166 valence electrons. The number of hydrogen-bond acceptors (Lipinski definition) is 5. The summed E-state index contributed by atoms with van der Waals surface area (Å²) in [5.41, 5.74) is 1.27. The molecule has 1 atom stereocenters. The van der Waals surface area contributed by atoms with Crippen molar-refractivity contribution in [2.24, 2.45) is 0 Å². The number of sulfonamides is 1. The van der Waals surface area contributed by atoms with Crippen LogP contribution in [0.1, 0.15) is 12.5 Å². The van der Waals surface area contributed by atoms with Crippen molar-refractivity contribution in [2.75, 3.05) is 40.3 Å². The van der Waals surface area contributed by atoms with Crippen LogP contribution in [0.25, 0.3) is 10.8 Å². The van der Waals surface area contributed by atoms with E-state index in [2.05, 4.69) is 22.4 Å². The fraction of sp³-hybridized carbons (Fsp3) is 0.375. The standard InChI is InChI=1S/C24H32N4O2S/c1-20(18-25-13-11-21-7-5-4-6-8-21)28(16-15-27(2)3)31(29,30)24-10-9-23-19-26-14-12-22(23)17-24/h4-10,12,14,17,19-20,25H,11,13,15-16,18H2,1-3H3/t20-/m1/s1. The Kier molecular flexibility index (Phi) is 8.15. The molecular formula is C24H32N4O2S. The van der Waals surface area contributed by atoms with E-state index < -0.39 is 10.0 Å². The molecule has 1 aromatic heterocycles. The number of nitrogens with one attached hydrogen (secondary N) is 1. The summed E-state index contributed by atoms with van der Waals surface area (Å²) in [6.45, 7) is 4.46. The van der Waals surface area contributed by atoms with Crippen LogP contribution in [0.2, 0.25) is 0 Å². The number of fused-ring (bicyclic) bond motifs is 1. The summed E-state index contributed by atoms with van der Waals surface area (Å²) in [5, 5.41) is 5.23. The Morgan fingerprint density at radius 1 is 1.00 bits per heavy atom. The molecule has 0 amide bonds. The summed E-state index contributed by atoms with van der Waals surface area (Å²) in [7, 11) is 0.279. The van der Waals surface area contributed by atoms with Gasteiger partial charge in [-0.05, 0) is 63.1 Å². The highest BCUT2D eigenvalue weighted by atomic mass is 32.2. The topological polar surface area (TPSA) is 65.5 Å². The third-order valence-corrected chi connectivity index (χ3v) is 7.36. The van der Waals surface area contributed by atoms with Crippen LogP contribution in [0.3, 0.4) is 0 Å². The van der Waals surface area contributed by atoms with Gasteiger partial charge in [0.05, 0.1) is 4.90 Å². The Bertz CT molecular complexity index is 1070. The first-order chi connectivity index (χ1) is 14.9. The van der Waals surface area contributed by atoms with Crippen LogP contribution in [0.4, 0.5) is 0 Å². The van der Waals surface area contributed by atoms with Gasteiger partial charge in [-0.3, -0.25) is 4.98 Å². The summed E-state index contributed by atoms with van der Waals surface area (Å²) in [6, 6.07) is 17.2. The average molecular weight is 441 g/mol. The minimum absolute atomic E-state index is 0.172. The minimum Gasteiger partial charge on any atom is -0.315 e. The highest BCUT2D eigenvalue weighted by Crippen LogP contribution is 2.22. The smallest absolute Gasteiger partial charge is 0.243 e. The summed E-state index contributed by atoms with van der Waals surface area (Å²) < 4.78 is 28.7. The molecule has 0 spiro atoms. The van der Waals surface area contributed by atoms with E-state index in [0.29, 0.717) is 24.5 Å². The van der Waals surface area contributed by atoms with Gasteiger partial charge in [-0.2, -0.15) is 4.31 Å². The Labute approximate surface area is 186 Å². The van der Waals surface area contributed by atoms with Crippen LogP contribution in [0, 0.1) is 0 Å². The number of rotatable bonds is 11. The Morgan fingerprint density at radius 2 is 1.77 bits per heavy atom. The number of nitrogens with zero attached hydrogens (tertiary/aromatic N) is 3. The van der Waals surface area contributed by atoms with Gasteiger partial charge in [0.2, 0.25) is 10.0 Å². The van der Waals surface area contributed by atoms with Crippen molar-refractivity contribution >= 4 is 20.8 Å². The summed E-state index contributed by atoms with van der Waals surface area (Å²) in [5.74, 6) is 0. The Balaban J connectivity index is 1.72. The summed E-state index contributed by atoms with van der Waals surface area (Å²) in [4.78, 5) is 6.43. The third-order valence-electron chi connectivity index (χ3n) is 5.35. The molecule has 1 N–H and O–H groups in total. The quantitative estimate of drug-likeness (QED) is 0.465.